The summed E-state index contributed by atoms with van der Waals surface area (Å²) in [5.74, 6) is -0.600. The van der Waals surface area contributed by atoms with Crippen LogP contribution in [0.2, 0.25) is 0 Å². The SMILES string of the molecule is CC(C)CC(C)(OOC(C)(C)C(C)(C)C)OOC(C)(C)C(C)(C)C. The number of hydrogen-bond acceptors (Lipinski definition) is 4. The first-order valence-electron chi connectivity index (χ1n) is 9.07. The summed E-state index contributed by atoms with van der Waals surface area (Å²) in [6.07, 6.45) is 0.660. The molecule has 0 N–H and O–H groups in total. The van der Waals surface area contributed by atoms with Crippen molar-refractivity contribution in [1.29, 1.82) is 0 Å². The Balaban J connectivity index is 5.11. The lowest BCUT2D eigenvalue weighted by atomic mass is 9.79. The molecule has 0 rings (SSSR count). The van der Waals surface area contributed by atoms with Crippen LogP contribution in [0.3, 0.4) is 0 Å². The van der Waals surface area contributed by atoms with E-state index in [1.54, 1.807) is 0 Å². The Morgan fingerprint density at radius 3 is 1.04 bits per heavy atom. The van der Waals surface area contributed by atoms with Crippen molar-refractivity contribution in [3.05, 3.63) is 0 Å². The number of rotatable bonds is 8. The quantitative estimate of drug-likeness (QED) is 0.294. The maximum Gasteiger partial charge on any atom is 0.231 e. The van der Waals surface area contributed by atoms with E-state index in [1.807, 2.05) is 34.6 Å². The maximum absolute atomic E-state index is 5.81. The second kappa shape index (κ2) is 7.61. The monoisotopic (exact) mass is 346 g/mol. The molecule has 0 saturated heterocycles. The minimum absolute atomic E-state index is 0.0721. The zero-order valence-electron chi connectivity index (χ0n) is 18.4. The molecule has 4 heteroatoms. The normalized spacial score (nSPS) is 15.2. The van der Waals surface area contributed by atoms with Gasteiger partial charge in [0.1, 0.15) is 11.2 Å². The summed E-state index contributed by atoms with van der Waals surface area (Å²) < 4.78 is 0. The third-order valence-corrected chi connectivity index (χ3v) is 5.24. The molecule has 0 radical (unpaired) electrons. The standard InChI is InChI=1S/C20H42O4/c1-15(2)14-20(13,23-21-18(9,10)16(3,4)5)24-22-19(11,12)17(6,7)8/h15H,14H2,1-13H3. The first-order chi connectivity index (χ1) is 10.3. The highest BCUT2D eigenvalue weighted by Gasteiger charge is 2.42. The molecule has 0 aromatic heterocycles. The third-order valence-electron chi connectivity index (χ3n) is 5.24. The Labute approximate surface area is 150 Å². The smallest absolute Gasteiger partial charge is 0.227 e. The minimum atomic E-state index is -0.973. The van der Waals surface area contributed by atoms with Gasteiger partial charge in [0.05, 0.1) is 0 Å². The van der Waals surface area contributed by atoms with Gasteiger partial charge in [0.15, 0.2) is 0 Å². The van der Waals surface area contributed by atoms with Crippen molar-refractivity contribution in [3.63, 3.8) is 0 Å². The average Bonchev–Trinajstić information content (AvgIpc) is 2.31. The molecule has 0 aromatic rings. The first-order valence-corrected chi connectivity index (χ1v) is 9.07. The molecule has 0 aliphatic carbocycles. The van der Waals surface area contributed by atoms with Gasteiger partial charge in [-0.25, -0.2) is 9.78 Å². The van der Waals surface area contributed by atoms with Crippen molar-refractivity contribution >= 4 is 0 Å². The molecule has 0 atom stereocenters. The van der Waals surface area contributed by atoms with E-state index in [9.17, 15) is 0 Å². The molecule has 4 nitrogen and oxygen atoms in total. The Kier molecular flexibility index (Phi) is 7.56. The predicted molar refractivity (Wildman–Crippen MR) is 99.3 cm³/mol. The highest BCUT2D eigenvalue weighted by atomic mass is 17.3. The van der Waals surface area contributed by atoms with E-state index in [2.05, 4.69) is 55.4 Å². The molecule has 0 amide bonds. The van der Waals surface area contributed by atoms with Crippen molar-refractivity contribution in [2.24, 2.45) is 16.7 Å². The van der Waals surface area contributed by atoms with Crippen molar-refractivity contribution in [3.8, 4) is 0 Å². The molecule has 0 aliphatic rings. The van der Waals surface area contributed by atoms with Gasteiger partial charge in [-0.05, 0) is 51.4 Å². The van der Waals surface area contributed by atoms with Gasteiger partial charge < -0.3 is 0 Å². The van der Waals surface area contributed by atoms with Crippen LogP contribution < -0.4 is 0 Å². The lowest BCUT2D eigenvalue weighted by Gasteiger charge is -2.42. The minimum Gasteiger partial charge on any atom is -0.227 e. The fraction of sp³-hybridized carbons (Fsp3) is 1.00. The van der Waals surface area contributed by atoms with Crippen LogP contribution in [0, 0.1) is 16.7 Å². The van der Waals surface area contributed by atoms with Gasteiger partial charge in [-0.2, -0.15) is 9.78 Å². The molecule has 0 aromatic carbocycles. The van der Waals surface area contributed by atoms with Gasteiger partial charge in [0.2, 0.25) is 5.79 Å². The fourth-order valence-corrected chi connectivity index (χ4v) is 1.46. The summed E-state index contributed by atoms with van der Waals surface area (Å²) in [5.41, 5.74) is -1.07. The highest BCUT2D eigenvalue weighted by molar-refractivity contribution is 4.83. The van der Waals surface area contributed by atoms with Crippen LogP contribution >= 0.6 is 0 Å². The molecular formula is C20H42O4. The molecule has 0 bridgehead atoms. The molecule has 0 spiro atoms. The van der Waals surface area contributed by atoms with Crippen LogP contribution in [0.4, 0.5) is 0 Å². The molecule has 0 saturated carbocycles. The second-order valence-electron chi connectivity index (χ2n) is 10.6. The second-order valence-corrected chi connectivity index (χ2v) is 10.6. The highest BCUT2D eigenvalue weighted by Crippen LogP contribution is 2.38. The van der Waals surface area contributed by atoms with Crippen molar-refractivity contribution < 1.29 is 19.6 Å². The Morgan fingerprint density at radius 2 is 0.833 bits per heavy atom. The summed E-state index contributed by atoms with van der Waals surface area (Å²) in [5, 5.41) is 0. The fourth-order valence-electron chi connectivity index (χ4n) is 1.46. The molecule has 0 aliphatic heterocycles. The first kappa shape index (κ1) is 23.8. The average molecular weight is 347 g/mol. The lowest BCUT2D eigenvalue weighted by molar-refractivity contribution is -0.549. The van der Waals surface area contributed by atoms with Crippen LogP contribution in [-0.4, -0.2) is 17.0 Å². The van der Waals surface area contributed by atoms with Crippen molar-refractivity contribution in [1.82, 2.24) is 0 Å². The zero-order chi connectivity index (χ0) is 19.6. The zero-order valence-corrected chi connectivity index (χ0v) is 18.4. The van der Waals surface area contributed by atoms with Gasteiger partial charge >= 0.3 is 0 Å². The van der Waals surface area contributed by atoms with Crippen LogP contribution in [0.15, 0.2) is 0 Å². The van der Waals surface area contributed by atoms with Crippen LogP contribution in [-0.2, 0) is 19.6 Å². The predicted octanol–water partition coefficient (Wildman–Crippen LogP) is 6.29. The van der Waals surface area contributed by atoms with Gasteiger partial charge in [0, 0.05) is 6.42 Å². The summed E-state index contributed by atoms with van der Waals surface area (Å²) in [7, 11) is 0. The Morgan fingerprint density at radius 1 is 0.542 bits per heavy atom. The van der Waals surface area contributed by atoms with Gasteiger partial charge in [0.25, 0.3) is 0 Å². The lowest BCUT2D eigenvalue weighted by Crippen LogP contribution is -2.47. The number of hydrogen-bond donors (Lipinski definition) is 0. The van der Waals surface area contributed by atoms with Crippen LogP contribution in [0.25, 0.3) is 0 Å². The summed E-state index contributed by atoms with van der Waals surface area (Å²) in [6, 6.07) is 0. The van der Waals surface area contributed by atoms with Gasteiger partial charge in [-0.1, -0.05) is 55.4 Å². The third kappa shape index (κ3) is 6.99. The molecule has 146 valence electrons. The van der Waals surface area contributed by atoms with E-state index in [-0.39, 0.29) is 10.8 Å². The Hall–Kier alpha value is -0.160. The van der Waals surface area contributed by atoms with E-state index >= 15 is 0 Å². The summed E-state index contributed by atoms with van der Waals surface area (Å²) >= 11 is 0. The maximum atomic E-state index is 5.81. The van der Waals surface area contributed by atoms with E-state index < -0.39 is 17.0 Å². The van der Waals surface area contributed by atoms with E-state index in [1.165, 1.54) is 0 Å². The Bertz CT molecular complexity index is 353. The summed E-state index contributed by atoms with van der Waals surface area (Å²) in [4.78, 5) is 23.2. The van der Waals surface area contributed by atoms with Crippen LogP contribution in [0.1, 0.15) is 96.4 Å². The molecule has 0 fully saturated rings. The van der Waals surface area contributed by atoms with E-state index in [0.29, 0.717) is 12.3 Å². The van der Waals surface area contributed by atoms with Gasteiger partial charge in [-0.15, -0.1) is 0 Å². The van der Waals surface area contributed by atoms with E-state index in [0.717, 1.165) is 0 Å². The largest absolute Gasteiger partial charge is 0.231 e. The van der Waals surface area contributed by atoms with Crippen molar-refractivity contribution in [2.75, 3.05) is 0 Å². The molecule has 24 heavy (non-hydrogen) atoms. The van der Waals surface area contributed by atoms with E-state index in [4.69, 9.17) is 19.6 Å². The molecule has 0 unspecified atom stereocenters. The summed E-state index contributed by atoms with van der Waals surface area (Å²) in [6.45, 7) is 26.9. The van der Waals surface area contributed by atoms with Crippen LogP contribution in [0.5, 0.6) is 0 Å². The topological polar surface area (TPSA) is 36.9 Å². The van der Waals surface area contributed by atoms with Gasteiger partial charge in [-0.3, -0.25) is 0 Å². The van der Waals surface area contributed by atoms with Crippen molar-refractivity contribution in [2.45, 2.75) is 113 Å². The molecular weight excluding hydrogens is 304 g/mol. The molecule has 0 heterocycles.